The van der Waals surface area contributed by atoms with E-state index < -0.39 is 0 Å². The lowest BCUT2D eigenvalue weighted by atomic mass is 10.4. The van der Waals surface area contributed by atoms with E-state index in [1.807, 2.05) is 36.4 Å². The minimum atomic E-state index is 0.770. The van der Waals surface area contributed by atoms with Gasteiger partial charge in [0.2, 0.25) is 0 Å². The molecule has 0 aromatic heterocycles. The minimum absolute atomic E-state index is 0.770. The summed E-state index contributed by atoms with van der Waals surface area (Å²) in [6.45, 7) is 0. The molecule has 0 bridgehead atoms. The fourth-order valence-corrected chi connectivity index (χ4v) is 2.87. The summed E-state index contributed by atoms with van der Waals surface area (Å²) >= 11 is 11.1. The van der Waals surface area contributed by atoms with E-state index in [0.717, 1.165) is 14.4 Å². The monoisotopic (exact) mass is 298 g/mol. The van der Waals surface area contributed by atoms with Gasteiger partial charge in [0.25, 0.3) is 0 Å². The molecule has 0 amide bonds. The van der Waals surface area contributed by atoms with Crippen LogP contribution in [0.25, 0.3) is 0 Å². The maximum absolute atomic E-state index is 5.93. The fourth-order valence-electron chi connectivity index (χ4n) is 1.18. The van der Waals surface area contributed by atoms with Gasteiger partial charge in [0.05, 0.1) is 0 Å². The average Bonchev–Trinajstić information content (AvgIpc) is 2.22. The topological polar surface area (TPSA) is 0 Å². The molecule has 15 heavy (non-hydrogen) atoms. The number of hydrogen-bond donors (Lipinski definition) is 0. The van der Waals surface area contributed by atoms with E-state index in [1.54, 1.807) is 11.8 Å². The predicted molar refractivity (Wildman–Crippen MR) is 69.7 cm³/mol. The number of halogens is 2. The Morgan fingerprint density at radius 3 is 2.53 bits per heavy atom. The van der Waals surface area contributed by atoms with Gasteiger partial charge in [0, 0.05) is 19.3 Å². The van der Waals surface area contributed by atoms with Crippen molar-refractivity contribution < 1.29 is 0 Å². The van der Waals surface area contributed by atoms with Crippen LogP contribution in [-0.4, -0.2) is 0 Å². The van der Waals surface area contributed by atoms with Crippen LogP contribution in [0.3, 0.4) is 0 Å². The van der Waals surface area contributed by atoms with E-state index in [9.17, 15) is 0 Å². The van der Waals surface area contributed by atoms with Crippen LogP contribution in [0, 0.1) is 0 Å². The van der Waals surface area contributed by atoms with E-state index in [2.05, 4.69) is 28.1 Å². The molecule has 0 heterocycles. The predicted octanol–water partition coefficient (Wildman–Crippen LogP) is 5.25. The highest BCUT2D eigenvalue weighted by molar-refractivity contribution is 9.10. The Kier molecular flexibility index (Phi) is 3.73. The number of rotatable bonds is 2. The molecule has 0 spiro atoms. The first-order valence-corrected chi connectivity index (χ1v) is 6.42. The first-order valence-electron chi connectivity index (χ1n) is 4.43. The first-order chi connectivity index (χ1) is 7.25. The van der Waals surface area contributed by atoms with Crippen molar-refractivity contribution in [3.8, 4) is 0 Å². The molecule has 0 aliphatic heterocycles. The molecule has 0 saturated heterocycles. The summed E-state index contributed by atoms with van der Waals surface area (Å²) in [6, 6.07) is 16.0. The zero-order valence-corrected chi connectivity index (χ0v) is 10.9. The maximum atomic E-state index is 5.93. The number of hydrogen-bond acceptors (Lipinski definition) is 1. The second-order valence-corrected chi connectivity index (χ2v) is 5.40. The largest absolute Gasteiger partial charge is 0.0889 e. The molecule has 0 aliphatic rings. The van der Waals surface area contributed by atoms with E-state index in [4.69, 9.17) is 11.6 Å². The molecule has 0 unspecified atom stereocenters. The molecule has 0 atom stereocenters. The highest BCUT2D eigenvalue weighted by Gasteiger charge is 2.01. The van der Waals surface area contributed by atoms with Gasteiger partial charge in [0.1, 0.15) is 0 Å². The van der Waals surface area contributed by atoms with Crippen LogP contribution < -0.4 is 0 Å². The van der Waals surface area contributed by atoms with Gasteiger partial charge in [-0.25, -0.2) is 0 Å². The van der Waals surface area contributed by atoms with Crippen molar-refractivity contribution in [3.05, 3.63) is 58.0 Å². The quantitative estimate of drug-likeness (QED) is 0.729. The Labute approximate surface area is 107 Å². The van der Waals surface area contributed by atoms with Crippen LogP contribution in [0.1, 0.15) is 0 Å². The van der Waals surface area contributed by atoms with Crippen molar-refractivity contribution in [2.45, 2.75) is 9.79 Å². The molecule has 0 fully saturated rings. The molecule has 3 heteroatoms. The van der Waals surface area contributed by atoms with Crippen molar-refractivity contribution in [1.82, 2.24) is 0 Å². The Balaban J connectivity index is 2.26. The van der Waals surface area contributed by atoms with Crippen molar-refractivity contribution >= 4 is 39.3 Å². The molecule has 0 saturated carbocycles. The van der Waals surface area contributed by atoms with Gasteiger partial charge in [-0.15, -0.1) is 0 Å². The third kappa shape index (κ3) is 3.00. The van der Waals surface area contributed by atoms with Gasteiger partial charge >= 0.3 is 0 Å². The van der Waals surface area contributed by atoms with Gasteiger partial charge in [0.15, 0.2) is 0 Å². The van der Waals surface area contributed by atoms with Crippen LogP contribution >= 0.6 is 39.3 Å². The van der Waals surface area contributed by atoms with Crippen molar-refractivity contribution in [1.29, 1.82) is 0 Å². The smallest absolute Gasteiger partial charge is 0.0417 e. The van der Waals surface area contributed by atoms with Crippen LogP contribution in [0.4, 0.5) is 0 Å². The Bertz CT molecular complexity index is 471. The normalized spacial score (nSPS) is 10.3. The zero-order valence-electron chi connectivity index (χ0n) is 7.78. The highest BCUT2D eigenvalue weighted by atomic mass is 79.9. The minimum Gasteiger partial charge on any atom is -0.0889 e. The van der Waals surface area contributed by atoms with Gasteiger partial charge < -0.3 is 0 Å². The average molecular weight is 300 g/mol. The Morgan fingerprint density at radius 1 is 1.00 bits per heavy atom. The summed E-state index contributed by atoms with van der Waals surface area (Å²) in [5.74, 6) is 0. The van der Waals surface area contributed by atoms with E-state index in [1.165, 1.54) is 4.90 Å². The highest BCUT2D eigenvalue weighted by Crippen LogP contribution is 2.33. The van der Waals surface area contributed by atoms with Crippen LogP contribution in [-0.2, 0) is 0 Å². The summed E-state index contributed by atoms with van der Waals surface area (Å²) in [7, 11) is 0. The Hall–Kier alpha value is -0.440. The molecule has 2 aromatic rings. The van der Waals surface area contributed by atoms with Gasteiger partial charge in [-0.3, -0.25) is 0 Å². The molecular formula is C12H8BrClS. The first kappa shape index (κ1) is 11.1. The Morgan fingerprint density at radius 2 is 1.80 bits per heavy atom. The second kappa shape index (κ2) is 5.06. The molecular weight excluding hydrogens is 292 g/mol. The number of benzene rings is 2. The third-order valence-electron chi connectivity index (χ3n) is 1.86. The summed E-state index contributed by atoms with van der Waals surface area (Å²) in [6.07, 6.45) is 0. The standard InChI is InChI=1S/C12H8BrClS/c13-11-6-1-2-7-12(11)15-10-5-3-4-9(14)8-10/h1-8H. The van der Waals surface area contributed by atoms with Crippen molar-refractivity contribution in [3.63, 3.8) is 0 Å². The summed E-state index contributed by atoms with van der Waals surface area (Å²) < 4.78 is 1.11. The van der Waals surface area contributed by atoms with Crippen molar-refractivity contribution in [2.24, 2.45) is 0 Å². The molecule has 2 rings (SSSR count). The third-order valence-corrected chi connectivity index (χ3v) is 4.12. The van der Waals surface area contributed by atoms with Gasteiger partial charge in [-0.2, -0.15) is 0 Å². The summed E-state index contributed by atoms with van der Waals surface area (Å²) in [4.78, 5) is 2.34. The lowest BCUT2D eigenvalue weighted by molar-refractivity contribution is 1.37. The lowest BCUT2D eigenvalue weighted by Gasteiger charge is -2.03. The molecule has 0 radical (unpaired) electrons. The van der Waals surface area contributed by atoms with E-state index in [0.29, 0.717) is 0 Å². The molecule has 0 nitrogen and oxygen atoms in total. The fraction of sp³-hybridized carbons (Fsp3) is 0. The molecule has 76 valence electrons. The van der Waals surface area contributed by atoms with E-state index >= 15 is 0 Å². The van der Waals surface area contributed by atoms with Gasteiger partial charge in [-0.05, 0) is 46.3 Å². The molecule has 2 aromatic carbocycles. The zero-order chi connectivity index (χ0) is 10.7. The van der Waals surface area contributed by atoms with Crippen molar-refractivity contribution in [2.75, 3.05) is 0 Å². The van der Waals surface area contributed by atoms with E-state index in [-0.39, 0.29) is 0 Å². The summed E-state index contributed by atoms with van der Waals surface area (Å²) in [5.41, 5.74) is 0. The summed E-state index contributed by atoms with van der Waals surface area (Å²) in [5, 5.41) is 0.770. The molecule has 0 aliphatic carbocycles. The maximum Gasteiger partial charge on any atom is 0.0417 e. The van der Waals surface area contributed by atoms with Crippen LogP contribution in [0.5, 0.6) is 0 Å². The van der Waals surface area contributed by atoms with Crippen LogP contribution in [0.15, 0.2) is 62.8 Å². The molecule has 0 N–H and O–H groups in total. The second-order valence-electron chi connectivity index (χ2n) is 2.99. The van der Waals surface area contributed by atoms with Gasteiger partial charge in [-0.1, -0.05) is 41.6 Å². The van der Waals surface area contributed by atoms with Crippen LogP contribution in [0.2, 0.25) is 5.02 Å². The SMILES string of the molecule is Clc1cccc(Sc2ccccc2Br)c1. The lowest BCUT2D eigenvalue weighted by Crippen LogP contribution is -1.75.